The van der Waals surface area contributed by atoms with Gasteiger partial charge in [-0.3, -0.25) is 0 Å². The summed E-state index contributed by atoms with van der Waals surface area (Å²) in [5.74, 6) is 0.0287. The molecule has 2 aromatic carbocycles. The zero-order valence-electron chi connectivity index (χ0n) is 10.6. The fraction of sp³-hybridized carbons (Fsp3) is 0.200. The highest BCUT2D eigenvalue weighted by atomic mass is 35.5. The minimum absolute atomic E-state index is 0.0672. The highest BCUT2D eigenvalue weighted by Gasteiger charge is 2.19. The van der Waals surface area contributed by atoms with Gasteiger partial charge in [-0.05, 0) is 35.7 Å². The number of rotatable bonds is 4. The Labute approximate surface area is 119 Å². The SMILES string of the molecule is C[C@H](CS(=O)(=O)c1ccccc1)c1ccc(Cl)cc1. The van der Waals surface area contributed by atoms with Crippen LogP contribution in [0.1, 0.15) is 18.4 Å². The van der Waals surface area contributed by atoms with Gasteiger partial charge in [0.25, 0.3) is 0 Å². The van der Waals surface area contributed by atoms with E-state index in [0.717, 1.165) is 5.56 Å². The van der Waals surface area contributed by atoms with Crippen molar-refractivity contribution in [1.82, 2.24) is 0 Å². The van der Waals surface area contributed by atoms with Gasteiger partial charge < -0.3 is 0 Å². The third kappa shape index (κ3) is 3.58. The van der Waals surface area contributed by atoms with Crippen molar-refractivity contribution >= 4 is 21.4 Å². The first-order valence-electron chi connectivity index (χ1n) is 6.02. The predicted octanol–water partition coefficient (Wildman–Crippen LogP) is 3.92. The van der Waals surface area contributed by atoms with Crippen LogP contribution < -0.4 is 0 Å². The minimum Gasteiger partial charge on any atom is -0.224 e. The Morgan fingerprint density at radius 2 is 1.58 bits per heavy atom. The summed E-state index contributed by atoms with van der Waals surface area (Å²) in [6.07, 6.45) is 0. The minimum atomic E-state index is -3.25. The van der Waals surface area contributed by atoms with Gasteiger partial charge >= 0.3 is 0 Å². The van der Waals surface area contributed by atoms with Gasteiger partial charge in [0.2, 0.25) is 0 Å². The van der Waals surface area contributed by atoms with Crippen molar-refractivity contribution in [2.75, 3.05) is 5.75 Å². The van der Waals surface area contributed by atoms with E-state index in [2.05, 4.69) is 0 Å². The van der Waals surface area contributed by atoms with Crippen LogP contribution in [-0.4, -0.2) is 14.2 Å². The average molecular weight is 295 g/mol. The molecule has 100 valence electrons. The molecule has 0 saturated heterocycles. The summed E-state index contributed by atoms with van der Waals surface area (Å²) in [6, 6.07) is 15.8. The smallest absolute Gasteiger partial charge is 0.178 e. The van der Waals surface area contributed by atoms with Crippen molar-refractivity contribution in [2.45, 2.75) is 17.7 Å². The van der Waals surface area contributed by atoms with E-state index in [0.29, 0.717) is 9.92 Å². The molecular weight excluding hydrogens is 280 g/mol. The summed E-state index contributed by atoms with van der Waals surface area (Å²) in [6.45, 7) is 1.91. The van der Waals surface area contributed by atoms with Gasteiger partial charge in [-0.25, -0.2) is 8.42 Å². The predicted molar refractivity (Wildman–Crippen MR) is 78.4 cm³/mol. The summed E-state index contributed by atoms with van der Waals surface area (Å²) >= 11 is 5.83. The Morgan fingerprint density at radius 3 is 2.16 bits per heavy atom. The number of hydrogen-bond acceptors (Lipinski definition) is 2. The molecule has 0 heterocycles. The largest absolute Gasteiger partial charge is 0.224 e. The van der Waals surface area contributed by atoms with E-state index in [4.69, 9.17) is 11.6 Å². The summed E-state index contributed by atoms with van der Waals surface area (Å²) in [5, 5.41) is 0.655. The molecule has 0 amide bonds. The Morgan fingerprint density at radius 1 is 1.00 bits per heavy atom. The first-order chi connectivity index (χ1) is 8.99. The molecule has 0 aliphatic heterocycles. The lowest BCUT2D eigenvalue weighted by molar-refractivity contribution is 0.590. The first kappa shape index (κ1) is 14.1. The van der Waals surface area contributed by atoms with Crippen LogP contribution in [0.2, 0.25) is 5.02 Å². The summed E-state index contributed by atoms with van der Waals surface area (Å²) in [4.78, 5) is 0.371. The van der Waals surface area contributed by atoms with Crippen LogP contribution in [0.15, 0.2) is 59.5 Å². The fourth-order valence-corrected chi connectivity index (χ4v) is 3.68. The van der Waals surface area contributed by atoms with Gasteiger partial charge in [-0.15, -0.1) is 0 Å². The molecule has 0 spiro atoms. The van der Waals surface area contributed by atoms with Gasteiger partial charge in [0, 0.05) is 5.02 Å². The van der Waals surface area contributed by atoms with Crippen LogP contribution in [0.4, 0.5) is 0 Å². The first-order valence-corrected chi connectivity index (χ1v) is 8.05. The highest BCUT2D eigenvalue weighted by Crippen LogP contribution is 2.22. The van der Waals surface area contributed by atoms with E-state index in [1.807, 2.05) is 25.1 Å². The summed E-state index contributed by atoms with van der Waals surface area (Å²) in [7, 11) is -3.25. The van der Waals surface area contributed by atoms with Crippen LogP contribution >= 0.6 is 11.6 Å². The van der Waals surface area contributed by atoms with Crippen LogP contribution in [0.3, 0.4) is 0 Å². The molecule has 0 aromatic heterocycles. The molecule has 0 radical (unpaired) electrons. The molecule has 0 fully saturated rings. The van der Waals surface area contributed by atoms with E-state index in [1.165, 1.54) is 0 Å². The molecule has 0 N–H and O–H groups in total. The van der Waals surface area contributed by atoms with Gasteiger partial charge in [0.15, 0.2) is 9.84 Å². The van der Waals surface area contributed by atoms with Crippen molar-refractivity contribution in [3.05, 3.63) is 65.2 Å². The van der Waals surface area contributed by atoms with Crippen molar-refractivity contribution in [1.29, 1.82) is 0 Å². The van der Waals surface area contributed by atoms with Gasteiger partial charge in [0.1, 0.15) is 0 Å². The van der Waals surface area contributed by atoms with Crippen molar-refractivity contribution in [3.8, 4) is 0 Å². The molecule has 2 rings (SSSR count). The van der Waals surface area contributed by atoms with Crippen molar-refractivity contribution < 1.29 is 8.42 Å². The van der Waals surface area contributed by atoms with Crippen molar-refractivity contribution in [2.24, 2.45) is 0 Å². The molecular formula is C15H15ClO2S. The maximum absolute atomic E-state index is 12.3. The Kier molecular flexibility index (Phi) is 4.27. The zero-order valence-corrected chi connectivity index (χ0v) is 12.2. The Balaban J connectivity index is 2.19. The van der Waals surface area contributed by atoms with Crippen LogP contribution in [0, 0.1) is 0 Å². The third-order valence-electron chi connectivity index (χ3n) is 3.01. The molecule has 0 unspecified atom stereocenters. The quantitative estimate of drug-likeness (QED) is 0.856. The topological polar surface area (TPSA) is 34.1 Å². The van der Waals surface area contributed by atoms with Crippen molar-refractivity contribution in [3.63, 3.8) is 0 Å². The molecule has 4 heteroatoms. The second kappa shape index (κ2) is 5.76. The maximum atomic E-state index is 12.3. The second-order valence-corrected chi connectivity index (χ2v) is 7.02. The maximum Gasteiger partial charge on any atom is 0.178 e. The third-order valence-corrected chi connectivity index (χ3v) is 5.19. The Hall–Kier alpha value is -1.32. The molecule has 2 aromatic rings. The zero-order chi connectivity index (χ0) is 13.9. The highest BCUT2D eigenvalue weighted by molar-refractivity contribution is 7.91. The monoisotopic (exact) mass is 294 g/mol. The number of sulfone groups is 1. The second-order valence-electron chi connectivity index (χ2n) is 4.55. The van der Waals surface area contributed by atoms with E-state index in [-0.39, 0.29) is 11.7 Å². The van der Waals surface area contributed by atoms with Crippen LogP contribution in [0.25, 0.3) is 0 Å². The standard InChI is InChI=1S/C15H15ClO2S/c1-12(13-7-9-14(16)10-8-13)11-19(17,18)15-5-3-2-4-6-15/h2-10,12H,11H2,1H3/t12-/m1/s1. The fourth-order valence-electron chi connectivity index (χ4n) is 1.94. The lowest BCUT2D eigenvalue weighted by atomic mass is 10.0. The molecule has 0 bridgehead atoms. The molecule has 2 nitrogen and oxygen atoms in total. The Bertz CT molecular complexity index is 634. The van der Waals surface area contributed by atoms with Gasteiger partial charge in [-0.2, -0.15) is 0 Å². The van der Waals surface area contributed by atoms with Gasteiger partial charge in [-0.1, -0.05) is 48.9 Å². The lowest BCUT2D eigenvalue weighted by Gasteiger charge is -2.12. The van der Waals surface area contributed by atoms with Gasteiger partial charge in [0.05, 0.1) is 10.6 Å². The van der Waals surface area contributed by atoms with Crippen LogP contribution in [-0.2, 0) is 9.84 Å². The molecule has 0 saturated carbocycles. The van der Waals surface area contributed by atoms with E-state index < -0.39 is 9.84 Å². The number of halogens is 1. The van der Waals surface area contributed by atoms with E-state index in [9.17, 15) is 8.42 Å². The number of benzene rings is 2. The van der Waals surface area contributed by atoms with E-state index in [1.54, 1.807) is 36.4 Å². The average Bonchev–Trinajstić information content (AvgIpc) is 2.40. The molecule has 0 aliphatic rings. The summed E-state index contributed by atoms with van der Waals surface area (Å²) in [5.41, 5.74) is 0.976. The molecule has 1 atom stereocenters. The number of hydrogen-bond donors (Lipinski definition) is 0. The normalized spacial score (nSPS) is 13.2. The summed E-state index contributed by atoms with van der Waals surface area (Å²) < 4.78 is 24.5. The van der Waals surface area contributed by atoms with E-state index >= 15 is 0 Å². The lowest BCUT2D eigenvalue weighted by Crippen LogP contribution is -2.12. The molecule has 0 aliphatic carbocycles. The van der Waals surface area contributed by atoms with Crippen LogP contribution in [0.5, 0.6) is 0 Å². The molecule has 19 heavy (non-hydrogen) atoms.